The Balaban J connectivity index is 1.98. The van der Waals surface area contributed by atoms with Gasteiger partial charge < -0.3 is 4.42 Å². The molecule has 0 radical (unpaired) electrons. The highest BCUT2D eigenvalue weighted by atomic mass is 16.3. The van der Waals surface area contributed by atoms with Gasteiger partial charge in [0.05, 0.1) is 11.3 Å². The maximum Gasteiger partial charge on any atom is 0.228 e. The molecule has 0 aliphatic carbocycles. The van der Waals surface area contributed by atoms with E-state index in [0.717, 1.165) is 16.6 Å². The summed E-state index contributed by atoms with van der Waals surface area (Å²) in [5.41, 5.74) is 2.77. The van der Waals surface area contributed by atoms with Crippen molar-refractivity contribution >= 4 is 16.8 Å². The predicted molar refractivity (Wildman–Crippen MR) is 89.3 cm³/mol. The van der Waals surface area contributed by atoms with E-state index >= 15 is 0 Å². The summed E-state index contributed by atoms with van der Waals surface area (Å²) in [6.45, 7) is 0. The highest BCUT2D eigenvalue weighted by Gasteiger charge is 2.23. The van der Waals surface area contributed by atoms with Crippen LogP contribution in [0.15, 0.2) is 83.4 Å². The van der Waals surface area contributed by atoms with Crippen molar-refractivity contribution in [1.29, 1.82) is 0 Å². The first-order chi connectivity index (χ1) is 11.3. The van der Waals surface area contributed by atoms with Gasteiger partial charge in [-0.05, 0) is 18.2 Å². The zero-order valence-corrected chi connectivity index (χ0v) is 12.3. The Labute approximate surface area is 133 Å². The van der Waals surface area contributed by atoms with Crippen LogP contribution >= 0.6 is 0 Å². The van der Waals surface area contributed by atoms with Crippen molar-refractivity contribution in [2.24, 2.45) is 0 Å². The number of hydrogen-bond acceptors (Lipinski definition) is 3. The van der Waals surface area contributed by atoms with E-state index < -0.39 is 0 Å². The number of para-hydroxylation sites is 1. The number of furan rings is 1. The van der Waals surface area contributed by atoms with Gasteiger partial charge >= 0.3 is 0 Å². The van der Waals surface area contributed by atoms with E-state index in [-0.39, 0.29) is 5.78 Å². The fraction of sp³-hybridized carbons (Fsp3) is 0. The maximum atomic E-state index is 12.9. The lowest BCUT2D eigenvalue weighted by molar-refractivity contribution is 0.101. The molecule has 23 heavy (non-hydrogen) atoms. The quantitative estimate of drug-likeness (QED) is 0.514. The van der Waals surface area contributed by atoms with Crippen molar-refractivity contribution in [2.75, 3.05) is 0 Å². The average Bonchev–Trinajstić information content (AvgIpc) is 3.02. The van der Waals surface area contributed by atoms with E-state index in [1.165, 1.54) is 0 Å². The molecule has 0 atom stereocenters. The van der Waals surface area contributed by atoms with Crippen LogP contribution < -0.4 is 0 Å². The predicted octanol–water partition coefficient (Wildman–Crippen LogP) is 4.73. The summed E-state index contributed by atoms with van der Waals surface area (Å²) in [7, 11) is 0. The topological polar surface area (TPSA) is 43.1 Å². The molecule has 0 unspecified atom stereocenters. The molecule has 2 heterocycles. The van der Waals surface area contributed by atoms with Crippen LogP contribution in [0.3, 0.4) is 0 Å². The Kier molecular flexibility index (Phi) is 3.24. The maximum absolute atomic E-state index is 12.9. The summed E-state index contributed by atoms with van der Waals surface area (Å²) in [5.74, 6) is 0.193. The third kappa shape index (κ3) is 2.32. The highest BCUT2D eigenvalue weighted by Crippen LogP contribution is 2.34. The van der Waals surface area contributed by atoms with E-state index in [1.54, 1.807) is 18.3 Å². The number of carbonyl (C=O) groups is 1. The zero-order chi connectivity index (χ0) is 15.6. The number of ketones is 1. The third-order valence-electron chi connectivity index (χ3n) is 3.76. The highest BCUT2D eigenvalue weighted by molar-refractivity contribution is 6.15. The summed E-state index contributed by atoms with van der Waals surface area (Å²) in [6.07, 6.45) is 1.72. The van der Waals surface area contributed by atoms with Crippen LogP contribution in [0.5, 0.6) is 0 Å². The minimum atomic E-state index is -0.137. The molecular weight excluding hydrogens is 286 g/mol. The standard InChI is InChI=1S/C20H13NO2/c22-19(14-8-2-1-3-9-14)20-18(16-11-6-7-13-21-16)15-10-4-5-12-17(15)23-20/h1-13H. The molecule has 0 aliphatic rings. The van der Waals surface area contributed by atoms with Gasteiger partial charge in [-0.15, -0.1) is 0 Å². The van der Waals surface area contributed by atoms with E-state index in [9.17, 15) is 4.79 Å². The fourth-order valence-electron chi connectivity index (χ4n) is 2.69. The molecule has 0 saturated carbocycles. The molecule has 2 aromatic heterocycles. The Bertz CT molecular complexity index is 972. The van der Waals surface area contributed by atoms with Crippen LogP contribution in [0.1, 0.15) is 16.1 Å². The molecule has 110 valence electrons. The van der Waals surface area contributed by atoms with Crippen LogP contribution in [0.4, 0.5) is 0 Å². The van der Waals surface area contributed by atoms with Gasteiger partial charge in [0, 0.05) is 17.1 Å². The lowest BCUT2D eigenvalue weighted by Crippen LogP contribution is -2.01. The second-order valence-electron chi connectivity index (χ2n) is 5.21. The molecule has 3 nitrogen and oxygen atoms in total. The molecule has 0 saturated heterocycles. The number of carbonyl (C=O) groups excluding carboxylic acids is 1. The zero-order valence-electron chi connectivity index (χ0n) is 12.3. The van der Waals surface area contributed by atoms with Crippen molar-refractivity contribution in [1.82, 2.24) is 4.98 Å². The number of hydrogen-bond donors (Lipinski definition) is 0. The first-order valence-corrected chi connectivity index (χ1v) is 7.37. The molecule has 0 amide bonds. The van der Waals surface area contributed by atoms with Gasteiger partial charge in [0.1, 0.15) is 5.58 Å². The third-order valence-corrected chi connectivity index (χ3v) is 3.76. The largest absolute Gasteiger partial charge is 0.452 e. The van der Waals surface area contributed by atoms with Gasteiger partial charge in [-0.2, -0.15) is 0 Å². The molecule has 4 aromatic rings. The normalized spacial score (nSPS) is 10.8. The fourth-order valence-corrected chi connectivity index (χ4v) is 2.69. The Hall–Kier alpha value is -3.20. The van der Waals surface area contributed by atoms with Gasteiger partial charge in [-0.1, -0.05) is 54.6 Å². The van der Waals surface area contributed by atoms with Crippen molar-refractivity contribution < 1.29 is 9.21 Å². The number of fused-ring (bicyclic) bond motifs is 1. The monoisotopic (exact) mass is 299 g/mol. The SMILES string of the molecule is O=C(c1ccccc1)c1oc2ccccc2c1-c1ccccn1. The van der Waals surface area contributed by atoms with Crippen LogP contribution in [-0.2, 0) is 0 Å². The molecule has 0 bridgehead atoms. The number of pyridine rings is 1. The van der Waals surface area contributed by atoms with Crippen LogP contribution in [0.2, 0.25) is 0 Å². The van der Waals surface area contributed by atoms with Crippen molar-refractivity contribution in [3.05, 3.63) is 90.3 Å². The van der Waals surface area contributed by atoms with Gasteiger partial charge in [-0.3, -0.25) is 9.78 Å². The lowest BCUT2D eigenvalue weighted by Gasteiger charge is -2.02. The molecule has 2 aromatic carbocycles. The van der Waals surface area contributed by atoms with Gasteiger partial charge in [0.15, 0.2) is 5.76 Å². The average molecular weight is 299 g/mol. The lowest BCUT2D eigenvalue weighted by atomic mass is 10.0. The van der Waals surface area contributed by atoms with Gasteiger partial charge in [0.2, 0.25) is 5.78 Å². The van der Waals surface area contributed by atoms with Crippen molar-refractivity contribution in [3.63, 3.8) is 0 Å². The second-order valence-corrected chi connectivity index (χ2v) is 5.21. The van der Waals surface area contributed by atoms with E-state index in [0.29, 0.717) is 16.9 Å². The van der Waals surface area contributed by atoms with E-state index in [1.807, 2.05) is 60.7 Å². The summed E-state index contributed by atoms with van der Waals surface area (Å²) < 4.78 is 5.88. The molecule has 0 spiro atoms. The number of aromatic nitrogens is 1. The van der Waals surface area contributed by atoms with Crippen molar-refractivity contribution in [3.8, 4) is 11.3 Å². The minimum absolute atomic E-state index is 0.137. The van der Waals surface area contributed by atoms with Gasteiger partial charge in [0.25, 0.3) is 0 Å². The summed E-state index contributed by atoms with van der Waals surface area (Å²) in [4.78, 5) is 17.3. The van der Waals surface area contributed by atoms with Crippen LogP contribution in [0.25, 0.3) is 22.2 Å². The number of benzene rings is 2. The van der Waals surface area contributed by atoms with Gasteiger partial charge in [-0.25, -0.2) is 0 Å². The first kappa shape index (κ1) is 13.5. The van der Waals surface area contributed by atoms with E-state index in [4.69, 9.17) is 4.42 Å². The number of nitrogens with zero attached hydrogens (tertiary/aromatic N) is 1. The van der Waals surface area contributed by atoms with Crippen LogP contribution in [-0.4, -0.2) is 10.8 Å². The van der Waals surface area contributed by atoms with E-state index in [2.05, 4.69) is 4.98 Å². The molecule has 0 aliphatic heterocycles. The smallest absolute Gasteiger partial charge is 0.228 e. The second kappa shape index (κ2) is 5.54. The Morgan fingerprint density at radius 1 is 0.826 bits per heavy atom. The minimum Gasteiger partial charge on any atom is -0.452 e. The molecule has 0 fully saturated rings. The van der Waals surface area contributed by atoms with Crippen molar-refractivity contribution in [2.45, 2.75) is 0 Å². The van der Waals surface area contributed by atoms with Crippen LogP contribution in [0, 0.1) is 0 Å². The molecule has 4 rings (SSSR count). The summed E-state index contributed by atoms with van der Waals surface area (Å²) >= 11 is 0. The molecule has 0 N–H and O–H groups in total. The first-order valence-electron chi connectivity index (χ1n) is 7.37. The molecular formula is C20H13NO2. The molecule has 3 heteroatoms. The summed E-state index contributed by atoms with van der Waals surface area (Å²) in [5, 5.41) is 0.894. The Morgan fingerprint density at radius 3 is 2.35 bits per heavy atom. The Morgan fingerprint density at radius 2 is 1.57 bits per heavy atom. The summed E-state index contributed by atoms with van der Waals surface area (Å²) in [6, 6.07) is 22.4. The number of rotatable bonds is 3.